The number of amides is 1. The highest BCUT2D eigenvalue weighted by molar-refractivity contribution is 6.30. The zero-order valence-electron chi connectivity index (χ0n) is 19.2. The third kappa shape index (κ3) is 3.58. The van der Waals surface area contributed by atoms with Crippen LogP contribution >= 0.6 is 11.6 Å². The molecular weight excluding hydrogens is 454 g/mol. The molecule has 9 nitrogen and oxygen atoms in total. The molecule has 1 spiro atoms. The molecule has 1 amide bonds. The van der Waals surface area contributed by atoms with Gasteiger partial charge in [-0.1, -0.05) is 11.6 Å². The predicted molar refractivity (Wildman–Crippen MR) is 126 cm³/mol. The summed E-state index contributed by atoms with van der Waals surface area (Å²) < 4.78 is 7.60. The highest BCUT2D eigenvalue weighted by Gasteiger charge is 2.54. The fourth-order valence-electron chi connectivity index (χ4n) is 5.48. The molecule has 0 bridgehead atoms. The van der Waals surface area contributed by atoms with Gasteiger partial charge < -0.3 is 9.64 Å². The second-order valence-corrected chi connectivity index (χ2v) is 10.3. The quantitative estimate of drug-likeness (QED) is 0.561. The number of nitrogens with zero attached hydrogens (tertiary/aromatic N) is 7. The summed E-state index contributed by atoms with van der Waals surface area (Å²) in [6, 6.07) is 7.63. The van der Waals surface area contributed by atoms with E-state index in [0.717, 1.165) is 54.8 Å². The first-order valence-electron chi connectivity index (χ1n) is 11.6. The van der Waals surface area contributed by atoms with Crippen molar-refractivity contribution < 1.29 is 9.53 Å². The van der Waals surface area contributed by atoms with E-state index in [2.05, 4.69) is 29.6 Å². The minimum atomic E-state index is -0.362. The molecule has 3 aromatic rings. The highest BCUT2D eigenvalue weighted by atomic mass is 35.5. The molecule has 176 valence electrons. The standard InChI is InChI=1S/C24H26ClN7O2/c1-15(2)34-23(33)30-11-16-8-18(25)4-5-19(16)32-20(12-30)28-29-21(32)17-9-24(10-17)13-31(14-24)22-26-6-3-7-27-22/h3-8,15,17H,9-14H2,1-2H3. The number of rotatable bonds is 3. The normalized spacial score (nSPS) is 18.7. The van der Waals surface area contributed by atoms with Crippen molar-refractivity contribution in [2.24, 2.45) is 5.41 Å². The molecule has 2 fully saturated rings. The monoisotopic (exact) mass is 479 g/mol. The zero-order chi connectivity index (χ0) is 23.4. The van der Waals surface area contributed by atoms with Gasteiger partial charge in [-0.15, -0.1) is 10.2 Å². The average molecular weight is 480 g/mol. The molecule has 2 aromatic heterocycles. The average Bonchev–Trinajstić information content (AvgIpc) is 3.07. The Morgan fingerprint density at radius 1 is 1.15 bits per heavy atom. The van der Waals surface area contributed by atoms with Crippen molar-refractivity contribution in [1.82, 2.24) is 29.6 Å². The van der Waals surface area contributed by atoms with Crippen LogP contribution in [0, 0.1) is 5.41 Å². The molecule has 1 saturated carbocycles. The number of hydrogen-bond donors (Lipinski definition) is 0. The smallest absolute Gasteiger partial charge is 0.410 e. The van der Waals surface area contributed by atoms with E-state index in [1.807, 2.05) is 38.1 Å². The summed E-state index contributed by atoms with van der Waals surface area (Å²) in [5.74, 6) is 2.81. The van der Waals surface area contributed by atoms with Gasteiger partial charge in [0, 0.05) is 41.8 Å². The minimum absolute atomic E-state index is 0.197. The predicted octanol–water partition coefficient (Wildman–Crippen LogP) is 3.96. The van der Waals surface area contributed by atoms with Gasteiger partial charge >= 0.3 is 6.09 Å². The number of anilines is 1. The topological polar surface area (TPSA) is 89.3 Å². The summed E-state index contributed by atoms with van der Waals surface area (Å²) in [5.41, 5.74) is 2.22. The van der Waals surface area contributed by atoms with E-state index in [-0.39, 0.29) is 17.6 Å². The van der Waals surface area contributed by atoms with Crippen LogP contribution in [0.15, 0.2) is 36.7 Å². The Labute approximate surface area is 202 Å². The van der Waals surface area contributed by atoms with Crippen LogP contribution in [0.5, 0.6) is 0 Å². The van der Waals surface area contributed by atoms with Gasteiger partial charge in [0.25, 0.3) is 0 Å². The zero-order valence-corrected chi connectivity index (χ0v) is 19.9. The lowest BCUT2D eigenvalue weighted by atomic mass is 9.57. The van der Waals surface area contributed by atoms with E-state index in [9.17, 15) is 4.79 Å². The first kappa shape index (κ1) is 21.3. The molecule has 6 rings (SSSR count). The Bertz CT molecular complexity index is 1230. The van der Waals surface area contributed by atoms with Gasteiger partial charge in [-0.2, -0.15) is 0 Å². The van der Waals surface area contributed by atoms with Crippen molar-refractivity contribution in [3.63, 3.8) is 0 Å². The van der Waals surface area contributed by atoms with E-state index in [1.54, 1.807) is 17.3 Å². The maximum absolute atomic E-state index is 12.8. The molecule has 2 aliphatic heterocycles. The van der Waals surface area contributed by atoms with Gasteiger partial charge in [0.15, 0.2) is 5.82 Å². The van der Waals surface area contributed by atoms with Crippen molar-refractivity contribution >= 4 is 23.6 Å². The summed E-state index contributed by atoms with van der Waals surface area (Å²) in [5, 5.41) is 9.74. The van der Waals surface area contributed by atoms with E-state index < -0.39 is 0 Å². The lowest BCUT2D eigenvalue weighted by Gasteiger charge is -2.58. The van der Waals surface area contributed by atoms with Crippen LogP contribution in [-0.4, -0.2) is 54.9 Å². The SMILES string of the molecule is CC(C)OC(=O)N1Cc2cc(Cl)ccc2-n2c(nnc2C2CC3(C2)CN(c2ncccn2)C3)C1. The molecule has 34 heavy (non-hydrogen) atoms. The third-order valence-corrected chi connectivity index (χ3v) is 7.17. The van der Waals surface area contributed by atoms with Crippen LogP contribution in [-0.2, 0) is 17.8 Å². The van der Waals surface area contributed by atoms with E-state index >= 15 is 0 Å². The van der Waals surface area contributed by atoms with Crippen LogP contribution in [0.4, 0.5) is 10.7 Å². The molecule has 0 atom stereocenters. The number of carbonyl (C=O) groups excluding carboxylic acids is 1. The first-order chi connectivity index (χ1) is 16.4. The Morgan fingerprint density at radius 3 is 2.65 bits per heavy atom. The van der Waals surface area contributed by atoms with Gasteiger partial charge in [0.05, 0.1) is 24.9 Å². The summed E-state index contributed by atoms with van der Waals surface area (Å²) in [7, 11) is 0. The fourth-order valence-corrected chi connectivity index (χ4v) is 5.68. The number of halogens is 1. The second-order valence-electron chi connectivity index (χ2n) is 9.88. The number of aromatic nitrogens is 5. The number of ether oxygens (including phenoxy) is 1. The summed E-state index contributed by atoms with van der Waals surface area (Å²) in [4.78, 5) is 25.4. The molecule has 1 saturated heterocycles. The van der Waals surface area contributed by atoms with Crippen LogP contribution in [0.1, 0.15) is 49.8 Å². The maximum atomic E-state index is 12.8. The van der Waals surface area contributed by atoms with Crippen molar-refractivity contribution in [2.75, 3.05) is 18.0 Å². The molecule has 1 aromatic carbocycles. The van der Waals surface area contributed by atoms with Gasteiger partial charge in [0.2, 0.25) is 5.95 Å². The molecule has 0 unspecified atom stereocenters. The maximum Gasteiger partial charge on any atom is 0.410 e. The fraction of sp³-hybridized carbons (Fsp3) is 0.458. The molecule has 1 aliphatic carbocycles. The van der Waals surface area contributed by atoms with Gasteiger partial charge in [-0.3, -0.25) is 9.47 Å². The number of benzene rings is 1. The van der Waals surface area contributed by atoms with E-state index in [1.165, 1.54) is 0 Å². The van der Waals surface area contributed by atoms with E-state index in [0.29, 0.717) is 24.0 Å². The van der Waals surface area contributed by atoms with Crippen molar-refractivity contribution in [2.45, 2.75) is 51.8 Å². The van der Waals surface area contributed by atoms with Gasteiger partial charge in [0.1, 0.15) is 5.82 Å². The molecule has 10 heteroatoms. The summed E-state index contributed by atoms with van der Waals surface area (Å²) >= 11 is 6.32. The van der Waals surface area contributed by atoms with Crippen molar-refractivity contribution in [3.8, 4) is 5.69 Å². The van der Waals surface area contributed by atoms with Crippen LogP contribution in [0.2, 0.25) is 5.02 Å². The highest BCUT2D eigenvalue weighted by Crippen LogP contribution is 2.56. The van der Waals surface area contributed by atoms with Gasteiger partial charge in [-0.05, 0) is 56.5 Å². The van der Waals surface area contributed by atoms with E-state index in [4.69, 9.17) is 16.3 Å². The Morgan fingerprint density at radius 2 is 1.91 bits per heavy atom. The number of fused-ring (bicyclic) bond motifs is 3. The van der Waals surface area contributed by atoms with Crippen molar-refractivity contribution in [1.29, 1.82) is 0 Å². The summed E-state index contributed by atoms with van der Waals surface area (Å²) in [6.45, 7) is 6.37. The Balaban J connectivity index is 1.25. The third-order valence-electron chi connectivity index (χ3n) is 6.94. The van der Waals surface area contributed by atoms with Gasteiger partial charge in [-0.25, -0.2) is 14.8 Å². The Kier molecular flexibility index (Phi) is 4.98. The molecule has 0 N–H and O–H groups in total. The van der Waals surface area contributed by atoms with Crippen LogP contribution < -0.4 is 4.90 Å². The Hall–Kier alpha value is -3.20. The van der Waals surface area contributed by atoms with Crippen molar-refractivity contribution in [3.05, 3.63) is 58.9 Å². The van der Waals surface area contributed by atoms with Crippen LogP contribution in [0.25, 0.3) is 5.69 Å². The number of carbonyl (C=O) groups is 1. The first-order valence-corrected chi connectivity index (χ1v) is 12.0. The molecule has 3 aliphatic rings. The van der Waals surface area contributed by atoms with Crippen LogP contribution in [0.3, 0.4) is 0 Å². The summed E-state index contributed by atoms with van der Waals surface area (Å²) in [6.07, 6.45) is 5.11. The largest absolute Gasteiger partial charge is 0.447 e. The minimum Gasteiger partial charge on any atom is -0.447 e. The lowest BCUT2D eigenvalue weighted by molar-refractivity contribution is 0.0574. The lowest BCUT2D eigenvalue weighted by Crippen LogP contribution is -2.62. The molecular formula is C24H26ClN7O2. The second kappa shape index (κ2) is 7.94. The molecule has 0 radical (unpaired) electrons. The molecule has 4 heterocycles. The number of hydrogen-bond acceptors (Lipinski definition) is 7.